The molecule has 134 valence electrons. The van der Waals surface area contributed by atoms with Crippen LogP contribution in [0, 0.1) is 11.8 Å². The lowest BCUT2D eigenvalue weighted by atomic mass is 10.0. The van der Waals surface area contributed by atoms with Crippen molar-refractivity contribution < 1.29 is 4.74 Å². The zero-order valence-corrected chi connectivity index (χ0v) is 15.4. The van der Waals surface area contributed by atoms with Crippen molar-refractivity contribution in [1.29, 1.82) is 0 Å². The predicted molar refractivity (Wildman–Crippen MR) is 98.0 cm³/mol. The number of nitrogens with one attached hydrogen (secondary N) is 1. The SMILES string of the molecule is CCNC(=NCCCCC1CCCC1)N1CCC(COCC)C1. The zero-order chi connectivity index (χ0) is 16.3. The van der Waals surface area contributed by atoms with Crippen LogP contribution in [-0.4, -0.2) is 50.3 Å². The first kappa shape index (κ1) is 18.6. The van der Waals surface area contributed by atoms with Crippen LogP contribution < -0.4 is 5.32 Å². The number of unbranched alkanes of at least 4 members (excludes halogenated alkanes) is 1. The van der Waals surface area contributed by atoms with Crippen molar-refractivity contribution in [3.05, 3.63) is 0 Å². The summed E-state index contributed by atoms with van der Waals surface area (Å²) >= 11 is 0. The molecule has 0 radical (unpaired) electrons. The Bertz CT molecular complexity index is 340. The van der Waals surface area contributed by atoms with Crippen LogP contribution in [0.3, 0.4) is 0 Å². The highest BCUT2D eigenvalue weighted by molar-refractivity contribution is 5.80. The fourth-order valence-corrected chi connectivity index (χ4v) is 3.90. The van der Waals surface area contributed by atoms with E-state index >= 15 is 0 Å². The van der Waals surface area contributed by atoms with Crippen LogP contribution in [0.1, 0.15) is 65.2 Å². The van der Waals surface area contributed by atoms with E-state index in [0.717, 1.165) is 51.3 Å². The molecule has 2 rings (SSSR count). The molecule has 1 saturated heterocycles. The van der Waals surface area contributed by atoms with Gasteiger partial charge in [-0.2, -0.15) is 0 Å². The van der Waals surface area contributed by atoms with E-state index in [0.29, 0.717) is 5.92 Å². The lowest BCUT2D eigenvalue weighted by Gasteiger charge is -2.21. The summed E-state index contributed by atoms with van der Waals surface area (Å²) < 4.78 is 5.58. The highest BCUT2D eigenvalue weighted by Crippen LogP contribution is 2.28. The molecule has 0 bridgehead atoms. The van der Waals surface area contributed by atoms with Gasteiger partial charge in [0.15, 0.2) is 5.96 Å². The van der Waals surface area contributed by atoms with E-state index < -0.39 is 0 Å². The van der Waals surface area contributed by atoms with Gasteiger partial charge in [-0.1, -0.05) is 38.5 Å². The summed E-state index contributed by atoms with van der Waals surface area (Å²) in [6.45, 7) is 10.1. The number of hydrogen-bond acceptors (Lipinski definition) is 2. The zero-order valence-electron chi connectivity index (χ0n) is 15.4. The molecule has 0 aromatic rings. The maximum Gasteiger partial charge on any atom is 0.193 e. The number of nitrogens with zero attached hydrogens (tertiary/aromatic N) is 2. The van der Waals surface area contributed by atoms with Crippen molar-refractivity contribution in [1.82, 2.24) is 10.2 Å². The van der Waals surface area contributed by atoms with Crippen LogP contribution in [0.2, 0.25) is 0 Å². The minimum absolute atomic E-state index is 0.668. The molecule has 1 aliphatic carbocycles. The van der Waals surface area contributed by atoms with Crippen LogP contribution in [0.25, 0.3) is 0 Å². The van der Waals surface area contributed by atoms with Gasteiger partial charge in [0.05, 0.1) is 6.61 Å². The molecule has 1 atom stereocenters. The number of rotatable bonds is 9. The number of guanidine groups is 1. The fraction of sp³-hybridized carbons (Fsp3) is 0.947. The topological polar surface area (TPSA) is 36.9 Å². The first-order valence-electron chi connectivity index (χ1n) is 9.94. The third-order valence-electron chi connectivity index (χ3n) is 5.23. The number of likely N-dealkylation sites (tertiary alicyclic amines) is 1. The fourth-order valence-electron chi connectivity index (χ4n) is 3.90. The molecule has 1 saturated carbocycles. The van der Waals surface area contributed by atoms with Gasteiger partial charge in [-0.3, -0.25) is 4.99 Å². The van der Waals surface area contributed by atoms with E-state index in [9.17, 15) is 0 Å². The Hall–Kier alpha value is -0.770. The minimum Gasteiger partial charge on any atom is -0.381 e. The molecule has 2 fully saturated rings. The van der Waals surface area contributed by atoms with Gasteiger partial charge in [0, 0.05) is 38.7 Å². The van der Waals surface area contributed by atoms with E-state index in [-0.39, 0.29) is 0 Å². The molecule has 1 aliphatic heterocycles. The van der Waals surface area contributed by atoms with E-state index in [1.54, 1.807) is 0 Å². The maximum atomic E-state index is 5.58. The van der Waals surface area contributed by atoms with Crippen molar-refractivity contribution in [2.24, 2.45) is 16.8 Å². The maximum absolute atomic E-state index is 5.58. The predicted octanol–water partition coefficient (Wildman–Crippen LogP) is 3.67. The lowest BCUT2D eigenvalue weighted by molar-refractivity contribution is 0.114. The molecule has 1 heterocycles. The second kappa shape index (κ2) is 10.9. The molecule has 23 heavy (non-hydrogen) atoms. The molecule has 0 spiro atoms. The van der Waals surface area contributed by atoms with Crippen molar-refractivity contribution in [2.45, 2.75) is 65.2 Å². The van der Waals surface area contributed by atoms with Crippen molar-refractivity contribution in [2.75, 3.05) is 39.4 Å². The van der Waals surface area contributed by atoms with Gasteiger partial charge in [-0.25, -0.2) is 0 Å². The van der Waals surface area contributed by atoms with Crippen LogP contribution in [0.15, 0.2) is 4.99 Å². The number of ether oxygens (including phenoxy) is 1. The van der Waals surface area contributed by atoms with Gasteiger partial charge in [-0.05, 0) is 32.6 Å². The van der Waals surface area contributed by atoms with E-state index in [1.165, 1.54) is 51.4 Å². The van der Waals surface area contributed by atoms with Crippen molar-refractivity contribution in [3.8, 4) is 0 Å². The number of aliphatic imine (C=N–C) groups is 1. The second-order valence-corrected chi connectivity index (χ2v) is 7.14. The monoisotopic (exact) mass is 323 g/mol. The first-order valence-corrected chi connectivity index (χ1v) is 9.94. The Morgan fingerprint density at radius 2 is 1.96 bits per heavy atom. The van der Waals surface area contributed by atoms with Crippen molar-refractivity contribution in [3.63, 3.8) is 0 Å². The van der Waals surface area contributed by atoms with Crippen LogP contribution >= 0.6 is 0 Å². The Balaban J connectivity index is 1.67. The summed E-state index contributed by atoms with van der Waals surface area (Å²) in [4.78, 5) is 7.29. The summed E-state index contributed by atoms with van der Waals surface area (Å²) in [6, 6.07) is 0. The summed E-state index contributed by atoms with van der Waals surface area (Å²) in [5.41, 5.74) is 0. The largest absolute Gasteiger partial charge is 0.381 e. The molecular formula is C19H37N3O. The summed E-state index contributed by atoms with van der Waals surface area (Å²) in [6.07, 6.45) is 11.1. The van der Waals surface area contributed by atoms with E-state index in [2.05, 4.69) is 24.1 Å². The van der Waals surface area contributed by atoms with Crippen LogP contribution in [0.5, 0.6) is 0 Å². The molecule has 0 aromatic heterocycles. The molecule has 4 nitrogen and oxygen atoms in total. The third kappa shape index (κ3) is 6.70. The van der Waals surface area contributed by atoms with Gasteiger partial charge in [0.2, 0.25) is 0 Å². The summed E-state index contributed by atoms with van der Waals surface area (Å²) in [5, 5.41) is 3.47. The Morgan fingerprint density at radius 3 is 2.70 bits per heavy atom. The van der Waals surface area contributed by atoms with E-state index in [1.807, 2.05) is 0 Å². The third-order valence-corrected chi connectivity index (χ3v) is 5.23. The smallest absolute Gasteiger partial charge is 0.193 e. The first-order chi connectivity index (χ1) is 11.3. The Labute approximate surface area is 143 Å². The average molecular weight is 324 g/mol. The molecule has 1 N–H and O–H groups in total. The van der Waals surface area contributed by atoms with Gasteiger partial charge in [0.1, 0.15) is 0 Å². The number of hydrogen-bond donors (Lipinski definition) is 1. The quantitative estimate of drug-likeness (QED) is 0.399. The highest BCUT2D eigenvalue weighted by Gasteiger charge is 2.24. The van der Waals surface area contributed by atoms with Gasteiger partial charge in [0.25, 0.3) is 0 Å². The van der Waals surface area contributed by atoms with Crippen LogP contribution in [-0.2, 0) is 4.74 Å². The van der Waals surface area contributed by atoms with E-state index in [4.69, 9.17) is 9.73 Å². The lowest BCUT2D eigenvalue weighted by Crippen LogP contribution is -2.40. The van der Waals surface area contributed by atoms with Crippen molar-refractivity contribution >= 4 is 5.96 Å². The summed E-state index contributed by atoms with van der Waals surface area (Å²) in [7, 11) is 0. The van der Waals surface area contributed by atoms with Gasteiger partial charge in [-0.15, -0.1) is 0 Å². The normalized spacial score (nSPS) is 23.0. The second-order valence-electron chi connectivity index (χ2n) is 7.14. The molecular weight excluding hydrogens is 286 g/mol. The van der Waals surface area contributed by atoms with Crippen LogP contribution in [0.4, 0.5) is 0 Å². The molecule has 2 aliphatic rings. The Morgan fingerprint density at radius 1 is 1.13 bits per heavy atom. The average Bonchev–Trinajstić information content (AvgIpc) is 3.23. The highest BCUT2D eigenvalue weighted by atomic mass is 16.5. The molecule has 4 heteroatoms. The standard InChI is InChI=1S/C19H37N3O/c1-3-20-19(22-14-12-18(15-22)16-23-4-2)21-13-8-7-11-17-9-5-6-10-17/h17-18H,3-16H2,1-2H3,(H,20,21). The summed E-state index contributed by atoms with van der Waals surface area (Å²) in [5.74, 6) is 2.80. The van der Waals surface area contributed by atoms with Gasteiger partial charge >= 0.3 is 0 Å². The minimum atomic E-state index is 0.668. The molecule has 0 aromatic carbocycles. The Kier molecular flexibility index (Phi) is 8.80. The molecule has 1 unspecified atom stereocenters. The van der Waals surface area contributed by atoms with Gasteiger partial charge < -0.3 is 15.0 Å². The molecule has 0 amide bonds.